The first-order valence-corrected chi connectivity index (χ1v) is 10.3. The number of benzene rings is 2. The van der Waals surface area contributed by atoms with E-state index in [9.17, 15) is 21.6 Å². The van der Waals surface area contributed by atoms with Crippen LogP contribution >= 0.6 is 0 Å². The molecule has 2 aromatic carbocycles. The Balaban J connectivity index is 1.58. The molecule has 162 valence electrons. The van der Waals surface area contributed by atoms with E-state index in [2.05, 4.69) is 14.5 Å². The van der Waals surface area contributed by atoms with Crippen molar-refractivity contribution >= 4 is 27.2 Å². The molecular formula is C19H15F3N4O4S. The Morgan fingerprint density at radius 3 is 2.52 bits per heavy atom. The van der Waals surface area contributed by atoms with Crippen LogP contribution in [0.3, 0.4) is 0 Å². The van der Waals surface area contributed by atoms with Crippen molar-refractivity contribution in [3.05, 3.63) is 71.6 Å². The Morgan fingerprint density at radius 1 is 1.10 bits per heavy atom. The highest BCUT2D eigenvalue weighted by atomic mass is 32.2. The lowest BCUT2D eigenvalue weighted by atomic mass is 10.2. The van der Waals surface area contributed by atoms with E-state index in [4.69, 9.17) is 10.2 Å². The molecule has 0 bridgehead atoms. The van der Waals surface area contributed by atoms with Gasteiger partial charge in [0.05, 0.1) is 11.5 Å². The first-order valence-electron chi connectivity index (χ1n) is 8.77. The molecule has 12 heteroatoms. The molecule has 3 aromatic rings. The molecule has 0 radical (unpaired) electrons. The van der Waals surface area contributed by atoms with E-state index in [1.807, 2.05) is 0 Å². The van der Waals surface area contributed by atoms with Gasteiger partial charge in [-0.2, -0.15) is 0 Å². The van der Waals surface area contributed by atoms with Crippen molar-refractivity contribution in [2.75, 3.05) is 16.3 Å². The third-order valence-electron chi connectivity index (χ3n) is 4.36. The molecule has 0 aliphatic carbocycles. The number of fused-ring (bicyclic) bond motifs is 1. The molecule has 0 unspecified atom stereocenters. The minimum atomic E-state index is -5.03. The molecule has 4 rings (SSSR count). The van der Waals surface area contributed by atoms with E-state index >= 15 is 0 Å². The Labute approximate surface area is 174 Å². The number of ether oxygens (including phenoxy) is 1. The fourth-order valence-electron chi connectivity index (χ4n) is 3.00. The maximum Gasteiger partial charge on any atom is 0.573 e. The lowest BCUT2D eigenvalue weighted by molar-refractivity contribution is -0.275. The monoisotopic (exact) mass is 452 g/mol. The number of nitrogens with one attached hydrogen (secondary N) is 1. The number of para-hydroxylation sites is 1. The van der Waals surface area contributed by atoms with E-state index in [0.717, 1.165) is 12.1 Å². The highest BCUT2D eigenvalue weighted by molar-refractivity contribution is 7.92. The van der Waals surface area contributed by atoms with Crippen molar-refractivity contribution in [3.63, 3.8) is 0 Å². The topological polar surface area (TPSA) is 110 Å². The minimum Gasteiger partial charge on any atom is -0.446 e. The summed E-state index contributed by atoms with van der Waals surface area (Å²) >= 11 is 0. The fourth-order valence-corrected chi connectivity index (χ4v) is 4.19. The summed E-state index contributed by atoms with van der Waals surface area (Å²) in [4.78, 5) is 5.32. The van der Waals surface area contributed by atoms with Gasteiger partial charge in [0.1, 0.15) is 23.1 Å². The van der Waals surface area contributed by atoms with Gasteiger partial charge in [0.25, 0.3) is 10.0 Å². The molecule has 0 amide bonds. The largest absolute Gasteiger partial charge is 0.573 e. The van der Waals surface area contributed by atoms with Gasteiger partial charge in [-0.1, -0.05) is 12.1 Å². The number of hydrogen-bond donors (Lipinski definition) is 2. The minimum absolute atomic E-state index is 0.141. The highest BCUT2D eigenvalue weighted by Crippen LogP contribution is 2.31. The summed E-state index contributed by atoms with van der Waals surface area (Å²) in [6.45, 7) is 0.208. The van der Waals surface area contributed by atoms with Crippen LogP contribution in [0.5, 0.6) is 5.75 Å². The highest BCUT2D eigenvalue weighted by Gasteiger charge is 2.34. The predicted octanol–water partition coefficient (Wildman–Crippen LogP) is 2.10. The molecule has 0 fully saturated rings. The number of furan rings is 1. The first kappa shape index (κ1) is 20.6. The molecule has 31 heavy (non-hydrogen) atoms. The number of anilines is 2. The zero-order valence-electron chi connectivity index (χ0n) is 15.6. The van der Waals surface area contributed by atoms with Crippen molar-refractivity contribution in [3.8, 4) is 5.75 Å². The molecule has 3 N–H and O–H groups in total. The van der Waals surface area contributed by atoms with Crippen LogP contribution < -0.4 is 30.9 Å². The first-order chi connectivity index (χ1) is 14.6. The fraction of sp³-hybridized carbons (Fsp3) is 0.105. The smallest absolute Gasteiger partial charge is 0.446 e. The van der Waals surface area contributed by atoms with Crippen molar-refractivity contribution in [1.82, 2.24) is 0 Å². The summed E-state index contributed by atoms with van der Waals surface area (Å²) in [7, 11) is -4.35. The lowest BCUT2D eigenvalue weighted by Crippen LogP contribution is -2.42. The molecule has 1 aliphatic rings. The van der Waals surface area contributed by atoms with Gasteiger partial charge in [0.2, 0.25) is 5.55 Å². The summed E-state index contributed by atoms with van der Waals surface area (Å²) in [5.74, 6) is -0.405. The normalized spacial score (nSPS) is 14.0. The van der Waals surface area contributed by atoms with Crippen LogP contribution in [-0.4, -0.2) is 21.4 Å². The second-order valence-corrected chi connectivity index (χ2v) is 8.05. The SMILES string of the molecule is NC1=c2ccoc2=NCN1c1ccc(NS(=O)(=O)c2ccccc2OC(F)(F)F)cc1. The van der Waals surface area contributed by atoms with Crippen LogP contribution in [-0.2, 0) is 10.0 Å². The number of sulfonamides is 1. The molecular weight excluding hydrogens is 437 g/mol. The predicted molar refractivity (Wildman–Crippen MR) is 105 cm³/mol. The van der Waals surface area contributed by atoms with Crippen molar-refractivity contribution in [1.29, 1.82) is 0 Å². The summed E-state index contributed by atoms with van der Waals surface area (Å²) in [5, 5.41) is 0.636. The summed E-state index contributed by atoms with van der Waals surface area (Å²) in [6.07, 6.45) is -3.55. The van der Waals surface area contributed by atoms with Gasteiger partial charge in [-0.05, 0) is 42.5 Å². The van der Waals surface area contributed by atoms with E-state index < -0.39 is 27.0 Å². The van der Waals surface area contributed by atoms with Crippen LogP contribution in [0.25, 0.3) is 5.82 Å². The van der Waals surface area contributed by atoms with Crippen molar-refractivity contribution < 1.29 is 30.7 Å². The van der Waals surface area contributed by atoms with Gasteiger partial charge < -0.3 is 19.8 Å². The Hall–Kier alpha value is -3.67. The number of nitrogens with zero attached hydrogens (tertiary/aromatic N) is 2. The molecule has 2 heterocycles. The van der Waals surface area contributed by atoms with Crippen LogP contribution in [0, 0.1) is 0 Å². The lowest BCUT2D eigenvalue weighted by Gasteiger charge is -2.24. The second kappa shape index (κ2) is 7.54. The van der Waals surface area contributed by atoms with Gasteiger partial charge in [0, 0.05) is 11.4 Å². The van der Waals surface area contributed by atoms with Gasteiger partial charge in [0.15, 0.2) is 0 Å². The molecule has 1 aliphatic heterocycles. The van der Waals surface area contributed by atoms with Gasteiger partial charge in [-0.25, -0.2) is 13.4 Å². The van der Waals surface area contributed by atoms with Crippen LogP contribution in [0.15, 0.2) is 75.2 Å². The summed E-state index contributed by atoms with van der Waals surface area (Å²) in [6, 6.07) is 12.3. The average molecular weight is 452 g/mol. The van der Waals surface area contributed by atoms with Crippen LogP contribution in [0.2, 0.25) is 0 Å². The third kappa shape index (κ3) is 4.28. The number of alkyl halides is 3. The maximum atomic E-state index is 12.6. The average Bonchev–Trinajstić information content (AvgIpc) is 3.18. The number of nitrogens with two attached hydrogens (primary N) is 1. The van der Waals surface area contributed by atoms with Crippen LogP contribution in [0.1, 0.15) is 0 Å². The van der Waals surface area contributed by atoms with E-state index in [0.29, 0.717) is 22.3 Å². The molecule has 1 aromatic heterocycles. The standard InChI is InChI=1S/C19H15F3N4O4S/c20-19(21,22)30-15-3-1-2-4-16(15)31(27,28)25-12-5-7-13(8-6-12)26-11-24-18-14(17(26)23)9-10-29-18/h1-10,25H,11,23H2. The van der Waals surface area contributed by atoms with E-state index in [-0.39, 0.29) is 12.4 Å². The van der Waals surface area contributed by atoms with E-state index in [1.54, 1.807) is 23.1 Å². The number of hydrogen-bond acceptors (Lipinski definition) is 7. The second-order valence-electron chi connectivity index (χ2n) is 6.40. The third-order valence-corrected chi connectivity index (χ3v) is 5.78. The number of halogens is 3. The molecule has 0 spiro atoms. The van der Waals surface area contributed by atoms with Crippen molar-refractivity contribution in [2.24, 2.45) is 10.7 Å². The molecule has 0 saturated carbocycles. The molecule has 8 nitrogen and oxygen atoms in total. The van der Waals surface area contributed by atoms with E-state index in [1.165, 1.54) is 30.5 Å². The summed E-state index contributed by atoms with van der Waals surface area (Å²) < 4.78 is 74.3. The summed E-state index contributed by atoms with van der Waals surface area (Å²) in [5.41, 5.74) is 7.36. The van der Waals surface area contributed by atoms with Crippen LogP contribution in [0.4, 0.5) is 24.5 Å². The quantitative estimate of drug-likeness (QED) is 0.614. The zero-order chi connectivity index (χ0) is 22.2. The zero-order valence-corrected chi connectivity index (χ0v) is 16.4. The Bertz CT molecular complexity index is 1340. The Kier molecular flexibility index (Phi) is 5.01. The van der Waals surface area contributed by atoms with Gasteiger partial charge >= 0.3 is 6.36 Å². The molecule has 0 saturated heterocycles. The maximum absolute atomic E-state index is 12.6. The van der Waals surface area contributed by atoms with Gasteiger partial charge in [-0.3, -0.25) is 4.72 Å². The van der Waals surface area contributed by atoms with Crippen molar-refractivity contribution in [2.45, 2.75) is 11.3 Å². The Morgan fingerprint density at radius 2 is 1.81 bits per heavy atom. The van der Waals surface area contributed by atoms with Gasteiger partial charge in [-0.15, -0.1) is 13.2 Å². The number of rotatable bonds is 5. The molecule has 0 atom stereocenters.